The Balaban J connectivity index is 3.09. The van der Waals surface area contributed by atoms with Gasteiger partial charge in [0.15, 0.2) is 0 Å². The van der Waals surface area contributed by atoms with E-state index < -0.39 is 0 Å². The van der Waals surface area contributed by atoms with Crippen molar-refractivity contribution >= 4 is 6.21 Å². The van der Waals surface area contributed by atoms with Crippen molar-refractivity contribution in [1.82, 2.24) is 0 Å². The van der Waals surface area contributed by atoms with Crippen LogP contribution in [0.1, 0.15) is 316 Å². The van der Waals surface area contributed by atoms with E-state index in [4.69, 9.17) is 4.99 Å². The fraction of sp³-hybridized carbons (Fsp3) is 0.980. The number of hydrogen-bond acceptors (Lipinski definition) is 1. The summed E-state index contributed by atoms with van der Waals surface area (Å²) in [7, 11) is 0. The SMILES string of the molecule is CCCCCCCCCCCCCCCCCCCCCCCCC/C=N\CCCCCCCCCCCCCCCCCCCCCCCCC. The molecule has 0 unspecified atom stereocenters. The summed E-state index contributed by atoms with van der Waals surface area (Å²) < 4.78 is 0. The second-order valence-corrected chi connectivity index (χ2v) is 17.4. The first-order valence-corrected chi connectivity index (χ1v) is 25.4. The monoisotopic (exact) mass is 730 g/mol. The van der Waals surface area contributed by atoms with Gasteiger partial charge in [0, 0.05) is 6.54 Å². The molecule has 0 heterocycles. The Labute approximate surface area is 332 Å². The van der Waals surface area contributed by atoms with Gasteiger partial charge in [0.1, 0.15) is 0 Å². The van der Waals surface area contributed by atoms with Gasteiger partial charge >= 0.3 is 0 Å². The number of nitrogens with zero attached hydrogens (tertiary/aromatic N) is 1. The van der Waals surface area contributed by atoms with E-state index in [9.17, 15) is 0 Å². The standard InChI is InChI=1S/C51H103N/c1-3-5-7-9-11-13-15-17-19-21-23-25-27-29-31-33-35-37-39-41-43-45-47-49-51-52-50-48-46-44-42-40-38-36-34-32-30-28-26-24-22-20-18-16-14-12-10-8-6-4-2/h51H,3-50H2,1-2H3/b52-51-. The molecule has 0 radical (unpaired) electrons. The lowest BCUT2D eigenvalue weighted by molar-refractivity contribution is 0.518. The normalized spacial score (nSPS) is 11.8. The van der Waals surface area contributed by atoms with E-state index in [2.05, 4.69) is 20.1 Å². The van der Waals surface area contributed by atoms with Gasteiger partial charge in [-0.3, -0.25) is 4.99 Å². The van der Waals surface area contributed by atoms with Crippen LogP contribution in [0.2, 0.25) is 0 Å². The Morgan fingerprint density at radius 1 is 0.212 bits per heavy atom. The molecular formula is C51H103N. The summed E-state index contributed by atoms with van der Waals surface area (Å²) in [4.78, 5) is 4.70. The lowest BCUT2D eigenvalue weighted by atomic mass is 10.0. The van der Waals surface area contributed by atoms with Crippen molar-refractivity contribution in [3.05, 3.63) is 0 Å². The summed E-state index contributed by atoms with van der Waals surface area (Å²) in [6, 6.07) is 0. The molecule has 0 amide bonds. The van der Waals surface area contributed by atoms with Gasteiger partial charge in [-0.2, -0.15) is 0 Å². The third kappa shape index (κ3) is 49.7. The summed E-state index contributed by atoms with van der Waals surface area (Å²) >= 11 is 0. The van der Waals surface area contributed by atoms with Crippen LogP contribution < -0.4 is 0 Å². The highest BCUT2D eigenvalue weighted by Gasteiger charge is 1.98. The highest BCUT2D eigenvalue weighted by atomic mass is 14.7. The maximum atomic E-state index is 4.70. The summed E-state index contributed by atoms with van der Waals surface area (Å²) in [5.74, 6) is 0. The molecular weight excluding hydrogens is 627 g/mol. The molecule has 0 saturated heterocycles. The van der Waals surface area contributed by atoms with E-state index in [1.165, 1.54) is 302 Å². The first-order chi connectivity index (χ1) is 25.9. The zero-order valence-corrected chi connectivity index (χ0v) is 37.0. The minimum atomic E-state index is 1.07. The molecule has 0 atom stereocenters. The van der Waals surface area contributed by atoms with E-state index in [0.717, 1.165) is 6.54 Å². The molecule has 52 heavy (non-hydrogen) atoms. The highest BCUT2D eigenvalue weighted by Crippen LogP contribution is 2.17. The first kappa shape index (κ1) is 51.7. The van der Waals surface area contributed by atoms with Crippen molar-refractivity contribution in [3.8, 4) is 0 Å². The molecule has 0 N–H and O–H groups in total. The van der Waals surface area contributed by atoms with Crippen LogP contribution in [0.15, 0.2) is 4.99 Å². The third-order valence-corrected chi connectivity index (χ3v) is 12.0. The molecule has 0 fully saturated rings. The number of aliphatic imine (C=N–C) groups is 1. The van der Waals surface area contributed by atoms with Gasteiger partial charge in [-0.25, -0.2) is 0 Å². The zero-order valence-electron chi connectivity index (χ0n) is 37.0. The summed E-state index contributed by atoms with van der Waals surface area (Å²) in [6.45, 7) is 5.69. The maximum Gasteiger partial charge on any atom is 0.0385 e. The van der Waals surface area contributed by atoms with Crippen LogP contribution in [0, 0.1) is 0 Å². The van der Waals surface area contributed by atoms with Gasteiger partial charge in [0.2, 0.25) is 0 Å². The Kier molecular flexibility index (Phi) is 50.3. The molecule has 0 aliphatic heterocycles. The van der Waals surface area contributed by atoms with Crippen molar-refractivity contribution in [2.24, 2.45) is 4.99 Å². The summed E-state index contributed by atoms with van der Waals surface area (Å²) in [6.07, 6.45) is 70.6. The molecule has 1 nitrogen and oxygen atoms in total. The van der Waals surface area contributed by atoms with E-state index in [0.29, 0.717) is 0 Å². The minimum absolute atomic E-state index is 1.07. The van der Waals surface area contributed by atoms with Crippen LogP contribution >= 0.6 is 0 Å². The van der Waals surface area contributed by atoms with Crippen molar-refractivity contribution < 1.29 is 0 Å². The number of unbranched alkanes of at least 4 members (excludes halogenated alkanes) is 45. The molecule has 0 saturated carbocycles. The van der Waals surface area contributed by atoms with Crippen LogP contribution in [0.3, 0.4) is 0 Å². The Bertz CT molecular complexity index is 558. The predicted octanol–water partition coefficient (Wildman–Crippen LogP) is 19.4. The Hall–Kier alpha value is -0.330. The van der Waals surface area contributed by atoms with Gasteiger partial charge < -0.3 is 0 Å². The maximum absolute atomic E-state index is 4.70. The van der Waals surface area contributed by atoms with Crippen molar-refractivity contribution in [1.29, 1.82) is 0 Å². The van der Waals surface area contributed by atoms with Crippen LogP contribution in [-0.2, 0) is 0 Å². The molecule has 0 aliphatic carbocycles. The molecule has 0 rings (SSSR count). The fourth-order valence-corrected chi connectivity index (χ4v) is 8.19. The molecule has 0 bridgehead atoms. The smallest absolute Gasteiger partial charge is 0.0385 e. The summed E-state index contributed by atoms with van der Waals surface area (Å²) in [5.41, 5.74) is 0. The molecule has 0 spiro atoms. The largest absolute Gasteiger partial charge is 0.298 e. The molecule has 312 valence electrons. The van der Waals surface area contributed by atoms with Gasteiger partial charge in [0.05, 0.1) is 0 Å². The van der Waals surface area contributed by atoms with Crippen LogP contribution in [0.4, 0.5) is 0 Å². The average Bonchev–Trinajstić information content (AvgIpc) is 3.16. The molecule has 0 aromatic rings. The topological polar surface area (TPSA) is 12.4 Å². The lowest BCUT2D eigenvalue weighted by Gasteiger charge is -2.04. The third-order valence-electron chi connectivity index (χ3n) is 12.0. The van der Waals surface area contributed by atoms with Gasteiger partial charge in [-0.1, -0.05) is 296 Å². The Morgan fingerprint density at radius 2 is 0.385 bits per heavy atom. The molecule has 0 aliphatic rings. The minimum Gasteiger partial charge on any atom is -0.298 e. The highest BCUT2D eigenvalue weighted by molar-refractivity contribution is 5.56. The number of rotatable bonds is 48. The first-order valence-electron chi connectivity index (χ1n) is 25.4. The second-order valence-electron chi connectivity index (χ2n) is 17.4. The Morgan fingerprint density at radius 3 is 0.596 bits per heavy atom. The van der Waals surface area contributed by atoms with E-state index >= 15 is 0 Å². The van der Waals surface area contributed by atoms with Crippen LogP contribution in [0.5, 0.6) is 0 Å². The lowest BCUT2D eigenvalue weighted by Crippen LogP contribution is -1.86. The number of hydrogen-bond donors (Lipinski definition) is 0. The van der Waals surface area contributed by atoms with Crippen LogP contribution in [0.25, 0.3) is 0 Å². The van der Waals surface area contributed by atoms with Gasteiger partial charge in [0.25, 0.3) is 0 Å². The van der Waals surface area contributed by atoms with Crippen molar-refractivity contribution in [3.63, 3.8) is 0 Å². The van der Waals surface area contributed by atoms with E-state index in [1.807, 2.05) is 0 Å². The summed E-state index contributed by atoms with van der Waals surface area (Å²) in [5, 5.41) is 0. The predicted molar refractivity (Wildman–Crippen MR) is 242 cm³/mol. The fourth-order valence-electron chi connectivity index (χ4n) is 8.19. The van der Waals surface area contributed by atoms with Crippen molar-refractivity contribution in [2.45, 2.75) is 316 Å². The zero-order chi connectivity index (χ0) is 37.4. The molecule has 0 aromatic heterocycles. The van der Waals surface area contributed by atoms with Gasteiger partial charge in [-0.15, -0.1) is 0 Å². The molecule has 0 aromatic carbocycles. The van der Waals surface area contributed by atoms with E-state index in [1.54, 1.807) is 0 Å². The van der Waals surface area contributed by atoms with E-state index in [-0.39, 0.29) is 0 Å². The van der Waals surface area contributed by atoms with Crippen LogP contribution in [-0.4, -0.2) is 12.8 Å². The second kappa shape index (κ2) is 50.7. The van der Waals surface area contributed by atoms with Crippen molar-refractivity contribution in [2.75, 3.05) is 6.54 Å². The quantitative estimate of drug-likeness (QED) is 0.0437. The average molecular weight is 730 g/mol. The van der Waals surface area contributed by atoms with Gasteiger partial charge in [-0.05, 0) is 25.5 Å². The molecule has 1 heteroatoms.